The van der Waals surface area contributed by atoms with Crippen LogP contribution in [0.1, 0.15) is 158 Å². The number of phosphoric ester groups is 2. The van der Waals surface area contributed by atoms with Crippen molar-refractivity contribution >= 4 is 15.6 Å². The van der Waals surface area contributed by atoms with Gasteiger partial charge in [0.05, 0.1) is 26.4 Å². The molecule has 11 heteroatoms. The largest absolute Gasteiger partial charge is 2.00 e. The van der Waals surface area contributed by atoms with Gasteiger partial charge in [-0.05, 0) is 49.4 Å². The number of hydrogen-bond acceptors (Lipinski definition) is 8. The summed E-state index contributed by atoms with van der Waals surface area (Å²) in [5, 5.41) is 0. The molecule has 0 N–H and O–H groups in total. The van der Waals surface area contributed by atoms with Crippen LogP contribution in [-0.2, 0) is 43.7 Å². The molecule has 0 saturated heterocycles. The first-order valence-electron chi connectivity index (χ1n) is 17.2. The van der Waals surface area contributed by atoms with E-state index < -0.39 is 15.6 Å². The number of unbranched alkanes of at least 4 members (excludes halogenated alkanes) is 4. The van der Waals surface area contributed by atoms with Gasteiger partial charge in [0, 0.05) is 0 Å². The normalized spacial score (nSPS) is 17.0. The van der Waals surface area contributed by atoms with Gasteiger partial charge in [-0.25, -0.2) is 0 Å². The molecular weight excluding hydrogens is 633 g/mol. The molecule has 0 fully saturated rings. The van der Waals surface area contributed by atoms with E-state index in [1.54, 1.807) is 0 Å². The summed E-state index contributed by atoms with van der Waals surface area (Å²) in [6, 6.07) is 0. The smallest absolute Gasteiger partial charge is 0.756 e. The fraction of sp³-hybridized carbons (Fsp3) is 1.00. The average Bonchev–Trinajstić information content (AvgIpc) is 2.98. The van der Waals surface area contributed by atoms with Crippen molar-refractivity contribution in [2.24, 2.45) is 23.7 Å². The van der Waals surface area contributed by atoms with E-state index in [1.165, 1.54) is 0 Å². The Morgan fingerprint density at radius 1 is 0.442 bits per heavy atom. The second-order valence-electron chi connectivity index (χ2n) is 11.7. The second-order valence-corrected chi connectivity index (χ2v) is 14.6. The molecule has 0 amide bonds. The van der Waals surface area contributed by atoms with Crippen molar-refractivity contribution in [3.8, 4) is 0 Å². The first-order valence-corrected chi connectivity index (χ1v) is 20.1. The third-order valence-electron chi connectivity index (χ3n) is 8.05. The Hall–Kier alpha value is 0.714. The molecule has 0 heterocycles. The fourth-order valence-electron chi connectivity index (χ4n) is 4.45. The molecule has 0 aromatic rings. The van der Waals surface area contributed by atoms with Crippen LogP contribution in [0.25, 0.3) is 0 Å². The number of phosphoric acid groups is 2. The summed E-state index contributed by atoms with van der Waals surface area (Å²) in [5.41, 5.74) is 0. The summed E-state index contributed by atoms with van der Waals surface area (Å²) in [5.74, 6) is 1.21. The van der Waals surface area contributed by atoms with E-state index in [0.29, 0.717) is 23.7 Å². The molecule has 0 aromatic carbocycles. The maximum atomic E-state index is 11.8. The Morgan fingerprint density at radius 3 is 0.767 bits per heavy atom. The minimum atomic E-state index is -4.14. The summed E-state index contributed by atoms with van der Waals surface area (Å²) >= 11 is 0. The summed E-state index contributed by atoms with van der Waals surface area (Å²) in [4.78, 5) is 23.6. The standard InChI is InChI=1S/2C16H35O4P.Ni/c2*1-5-9-11-15(7-3)13-19-21(17,18)20-14-16(8-4)12-10-6-2;/h2*15-16H,5-14H2,1-4H3,(H,17,18);/q;;+2/p-2. The third-order valence-corrected chi connectivity index (χ3v) is 9.91. The van der Waals surface area contributed by atoms with Gasteiger partial charge in [0.1, 0.15) is 0 Å². The van der Waals surface area contributed by atoms with Crippen molar-refractivity contribution < 1.29 is 53.5 Å². The minimum Gasteiger partial charge on any atom is -0.756 e. The first kappa shape index (κ1) is 48.1. The van der Waals surface area contributed by atoms with Gasteiger partial charge >= 0.3 is 16.5 Å². The van der Waals surface area contributed by atoms with E-state index in [9.17, 15) is 18.9 Å². The quantitative estimate of drug-likeness (QED) is 0.0585. The minimum absolute atomic E-state index is 0. The van der Waals surface area contributed by atoms with Crippen LogP contribution in [0.3, 0.4) is 0 Å². The molecule has 0 radical (unpaired) electrons. The van der Waals surface area contributed by atoms with Crippen LogP contribution >= 0.6 is 15.6 Å². The number of rotatable bonds is 28. The second kappa shape index (κ2) is 31.3. The van der Waals surface area contributed by atoms with Gasteiger partial charge in [0.15, 0.2) is 0 Å². The van der Waals surface area contributed by atoms with Crippen LogP contribution in [0.5, 0.6) is 0 Å². The zero-order valence-corrected chi connectivity index (χ0v) is 31.7. The van der Waals surface area contributed by atoms with Gasteiger partial charge in [-0.2, -0.15) is 0 Å². The molecule has 0 aromatic heterocycles. The predicted molar refractivity (Wildman–Crippen MR) is 172 cm³/mol. The van der Waals surface area contributed by atoms with Crippen LogP contribution in [-0.4, -0.2) is 26.4 Å². The van der Waals surface area contributed by atoms with Crippen LogP contribution in [0.2, 0.25) is 0 Å². The SMILES string of the molecule is CCCCC(CC)COP(=O)([O-])OCC(CC)CCCC.CCCCC(CC)COP(=O)([O-])OCC(CC)CCCC.[Ni+2]. The van der Waals surface area contributed by atoms with Gasteiger partial charge in [0.2, 0.25) is 0 Å². The van der Waals surface area contributed by atoms with E-state index >= 15 is 0 Å². The molecule has 0 rings (SSSR count). The van der Waals surface area contributed by atoms with E-state index in [0.717, 1.165) is 103 Å². The predicted octanol–water partition coefficient (Wildman–Crippen LogP) is 9.84. The van der Waals surface area contributed by atoms with Crippen molar-refractivity contribution in [3.05, 3.63) is 0 Å². The Morgan fingerprint density at radius 2 is 0.628 bits per heavy atom. The average molecular weight is 702 g/mol. The van der Waals surface area contributed by atoms with E-state index in [4.69, 9.17) is 18.1 Å². The molecule has 0 spiro atoms. The zero-order valence-electron chi connectivity index (χ0n) is 28.9. The maximum Gasteiger partial charge on any atom is 2.00 e. The van der Waals surface area contributed by atoms with Crippen molar-refractivity contribution in [1.29, 1.82) is 0 Å². The monoisotopic (exact) mass is 700 g/mol. The molecule has 4 atom stereocenters. The van der Waals surface area contributed by atoms with Crippen molar-refractivity contribution in [2.45, 2.75) is 158 Å². The molecule has 0 aliphatic carbocycles. The fourth-order valence-corrected chi connectivity index (χ4v) is 6.18. The molecule has 0 aliphatic heterocycles. The van der Waals surface area contributed by atoms with E-state index in [-0.39, 0.29) is 42.9 Å². The van der Waals surface area contributed by atoms with Crippen LogP contribution in [0, 0.1) is 23.7 Å². The summed E-state index contributed by atoms with van der Waals surface area (Å²) in [6.45, 7) is 17.8. The molecule has 8 nitrogen and oxygen atoms in total. The molecule has 4 unspecified atom stereocenters. The molecule has 264 valence electrons. The van der Waals surface area contributed by atoms with Crippen molar-refractivity contribution in [3.63, 3.8) is 0 Å². The summed E-state index contributed by atoms with van der Waals surface area (Å²) < 4.78 is 43.8. The molecule has 0 aliphatic rings. The van der Waals surface area contributed by atoms with Gasteiger partial charge in [0.25, 0.3) is 15.6 Å². The van der Waals surface area contributed by atoms with Crippen molar-refractivity contribution in [1.82, 2.24) is 0 Å². The molecule has 0 saturated carbocycles. The van der Waals surface area contributed by atoms with Gasteiger partial charge in [-0.1, -0.05) is 132 Å². The van der Waals surface area contributed by atoms with E-state index in [1.807, 2.05) is 0 Å². The van der Waals surface area contributed by atoms with Crippen LogP contribution in [0.4, 0.5) is 0 Å². The van der Waals surface area contributed by atoms with Gasteiger partial charge < -0.3 is 27.9 Å². The molecule has 0 bridgehead atoms. The summed E-state index contributed by atoms with van der Waals surface area (Å²) in [6.07, 6.45) is 16.8. The Balaban J connectivity index is -0.000000727. The van der Waals surface area contributed by atoms with Gasteiger partial charge in [-0.3, -0.25) is 9.13 Å². The van der Waals surface area contributed by atoms with Gasteiger partial charge in [-0.15, -0.1) is 0 Å². The first-order chi connectivity index (χ1) is 20.0. The number of hydrogen-bond donors (Lipinski definition) is 0. The third kappa shape index (κ3) is 29.8. The Bertz CT molecular complexity index is 582. The molecular formula is C32H68NiO8P2. The van der Waals surface area contributed by atoms with Crippen LogP contribution < -0.4 is 9.79 Å². The zero-order chi connectivity index (χ0) is 32.3. The Labute approximate surface area is 276 Å². The topological polar surface area (TPSA) is 117 Å². The van der Waals surface area contributed by atoms with Crippen molar-refractivity contribution in [2.75, 3.05) is 26.4 Å². The van der Waals surface area contributed by atoms with Crippen LogP contribution in [0.15, 0.2) is 0 Å². The summed E-state index contributed by atoms with van der Waals surface area (Å²) in [7, 11) is -8.28. The Kier molecular flexibility index (Phi) is 35.0. The molecule has 43 heavy (non-hydrogen) atoms. The maximum absolute atomic E-state index is 11.8. The van der Waals surface area contributed by atoms with E-state index in [2.05, 4.69) is 55.4 Å².